The number of hydrogen-bond donors (Lipinski definition) is 1. The summed E-state index contributed by atoms with van der Waals surface area (Å²) in [7, 11) is 1.97. The summed E-state index contributed by atoms with van der Waals surface area (Å²) < 4.78 is 1.92. The van der Waals surface area contributed by atoms with Crippen LogP contribution in [0.1, 0.15) is 17.0 Å². The number of anilines is 1. The van der Waals surface area contributed by atoms with Gasteiger partial charge >= 0.3 is 0 Å². The maximum Gasteiger partial charge on any atom is 0.0596 e. The zero-order chi connectivity index (χ0) is 12.4. The van der Waals surface area contributed by atoms with E-state index in [0.29, 0.717) is 0 Å². The Hall–Kier alpha value is -1.42. The molecule has 17 heavy (non-hydrogen) atoms. The highest BCUT2D eigenvalue weighted by Gasteiger charge is 2.05. The molecule has 0 aliphatic carbocycles. The third-order valence-electron chi connectivity index (χ3n) is 2.64. The highest BCUT2D eigenvalue weighted by molar-refractivity contribution is 7.98. The first-order valence-electron chi connectivity index (χ1n) is 5.54. The predicted molar refractivity (Wildman–Crippen MR) is 73.1 cm³/mol. The fourth-order valence-corrected chi connectivity index (χ4v) is 2.80. The molecule has 2 aromatic rings. The fraction of sp³-hybridized carbons (Fsp3) is 0.308. The number of nitrogen functional groups attached to an aromatic ring is 1. The van der Waals surface area contributed by atoms with Gasteiger partial charge in [0.2, 0.25) is 0 Å². The Labute approximate surface area is 106 Å². The van der Waals surface area contributed by atoms with E-state index in [1.54, 1.807) is 11.8 Å². The minimum Gasteiger partial charge on any atom is -0.398 e. The quantitative estimate of drug-likeness (QED) is 0.670. The molecule has 90 valence electrons. The van der Waals surface area contributed by atoms with Gasteiger partial charge in [-0.25, -0.2) is 0 Å². The number of benzene rings is 1. The Morgan fingerprint density at radius 3 is 2.71 bits per heavy atom. The smallest absolute Gasteiger partial charge is 0.0596 e. The van der Waals surface area contributed by atoms with Gasteiger partial charge in [0.1, 0.15) is 0 Å². The van der Waals surface area contributed by atoms with Crippen LogP contribution in [0, 0.1) is 13.8 Å². The first-order chi connectivity index (χ1) is 8.06. The van der Waals surface area contributed by atoms with Crippen molar-refractivity contribution in [2.45, 2.75) is 24.5 Å². The molecule has 2 N–H and O–H groups in total. The van der Waals surface area contributed by atoms with Crippen molar-refractivity contribution in [2.24, 2.45) is 7.05 Å². The van der Waals surface area contributed by atoms with E-state index in [4.69, 9.17) is 5.73 Å². The van der Waals surface area contributed by atoms with Gasteiger partial charge in [-0.1, -0.05) is 6.07 Å². The van der Waals surface area contributed by atoms with Crippen molar-refractivity contribution >= 4 is 17.4 Å². The van der Waals surface area contributed by atoms with Gasteiger partial charge in [-0.15, -0.1) is 11.8 Å². The zero-order valence-electron chi connectivity index (χ0n) is 10.4. The van der Waals surface area contributed by atoms with Crippen LogP contribution in [-0.2, 0) is 12.8 Å². The Morgan fingerprint density at radius 1 is 1.29 bits per heavy atom. The van der Waals surface area contributed by atoms with Gasteiger partial charge in [0, 0.05) is 29.1 Å². The molecule has 4 heteroatoms. The third-order valence-corrected chi connectivity index (χ3v) is 3.75. The second kappa shape index (κ2) is 4.84. The molecule has 0 unspecified atom stereocenters. The molecule has 0 fully saturated rings. The van der Waals surface area contributed by atoms with Crippen molar-refractivity contribution in [1.82, 2.24) is 9.78 Å². The predicted octanol–water partition coefficient (Wildman–Crippen LogP) is 2.91. The molecular formula is C13H17N3S. The van der Waals surface area contributed by atoms with E-state index < -0.39 is 0 Å². The molecule has 0 atom stereocenters. The van der Waals surface area contributed by atoms with Gasteiger partial charge < -0.3 is 5.73 Å². The second-order valence-electron chi connectivity index (χ2n) is 4.23. The molecule has 0 amide bonds. The van der Waals surface area contributed by atoms with Crippen LogP contribution in [0.4, 0.5) is 5.69 Å². The summed E-state index contributed by atoms with van der Waals surface area (Å²) in [5.74, 6) is 0.894. The molecule has 1 heterocycles. The average molecular weight is 247 g/mol. The van der Waals surface area contributed by atoms with E-state index >= 15 is 0 Å². The molecule has 1 aromatic heterocycles. The minimum absolute atomic E-state index is 0.847. The van der Waals surface area contributed by atoms with Crippen LogP contribution in [0.15, 0.2) is 29.2 Å². The maximum atomic E-state index is 5.95. The van der Waals surface area contributed by atoms with Gasteiger partial charge in [-0.2, -0.15) is 5.10 Å². The number of aromatic nitrogens is 2. The van der Waals surface area contributed by atoms with Crippen molar-refractivity contribution in [3.8, 4) is 0 Å². The lowest BCUT2D eigenvalue weighted by Crippen LogP contribution is -1.97. The molecular weight excluding hydrogens is 230 g/mol. The first kappa shape index (κ1) is 12.0. The highest BCUT2D eigenvalue weighted by Crippen LogP contribution is 2.28. The normalized spacial score (nSPS) is 10.8. The molecule has 0 aliphatic rings. The average Bonchev–Trinajstić information content (AvgIpc) is 2.59. The van der Waals surface area contributed by atoms with E-state index in [-0.39, 0.29) is 0 Å². The zero-order valence-corrected chi connectivity index (χ0v) is 11.2. The molecule has 0 spiro atoms. The van der Waals surface area contributed by atoms with Crippen molar-refractivity contribution in [3.63, 3.8) is 0 Å². The molecule has 0 aliphatic heterocycles. The van der Waals surface area contributed by atoms with Crippen molar-refractivity contribution in [2.75, 3.05) is 5.73 Å². The molecule has 1 aromatic carbocycles. The number of hydrogen-bond acceptors (Lipinski definition) is 3. The Bertz CT molecular complexity index is 531. The van der Waals surface area contributed by atoms with E-state index in [1.165, 1.54) is 11.3 Å². The summed E-state index contributed by atoms with van der Waals surface area (Å²) in [6.07, 6.45) is 0. The summed E-state index contributed by atoms with van der Waals surface area (Å²) in [6, 6.07) is 8.24. The third kappa shape index (κ3) is 2.82. The lowest BCUT2D eigenvalue weighted by Gasteiger charge is -2.06. The maximum absolute atomic E-state index is 5.95. The molecule has 2 rings (SSSR count). The second-order valence-corrected chi connectivity index (χ2v) is 5.25. The van der Waals surface area contributed by atoms with Gasteiger partial charge in [0.25, 0.3) is 0 Å². The van der Waals surface area contributed by atoms with Gasteiger partial charge in [-0.3, -0.25) is 4.68 Å². The largest absolute Gasteiger partial charge is 0.398 e. The van der Waals surface area contributed by atoms with Crippen LogP contribution < -0.4 is 5.73 Å². The summed E-state index contributed by atoms with van der Waals surface area (Å²) in [5.41, 5.74) is 10.3. The highest BCUT2D eigenvalue weighted by atomic mass is 32.2. The SMILES string of the molecule is Cc1ccc(N)c(SCc2cc(C)nn2C)c1. The number of aryl methyl sites for hydroxylation is 3. The molecule has 0 radical (unpaired) electrons. The number of rotatable bonds is 3. The standard InChI is InChI=1S/C13H17N3S/c1-9-4-5-12(14)13(6-9)17-8-11-7-10(2)15-16(11)3/h4-7H,8,14H2,1-3H3. The fourth-order valence-electron chi connectivity index (χ4n) is 1.72. The molecule has 3 nitrogen and oxygen atoms in total. The van der Waals surface area contributed by atoms with Crippen LogP contribution in [0.5, 0.6) is 0 Å². The lowest BCUT2D eigenvalue weighted by molar-refractivity contribution is 0.727. The van der Waals surface area contributed by atoms with Gasteiger partial charge in [-0.05, 0) is 37.6 Å². The minimum atomic E-state index is 0.847. The van der Waals surface area contributed by atoms with Crippen molar-refractivity contribution < 1.29 is 0 Å². The van der Waals surface area contributed by atoms with Crippen LogP contribution in [0.2, 0.25) is 0 Å². The summed E-state index contributed by atoms with van der Waals surface area (Å²) in [6.45, 7) is 4.09. The van der Waals surface area contributed by atoms with E-state index in [2.05, 4.69) is 24.2 Å². The monoisotopic (exact) mass is 247 g/mol. The van der Waals surface area contributed by atoms with Crippen molar-refractivity contribution in [1.29, 1.82) is 0 Å². The van der Waals surface area contributed by atoms with Crippen LogP contribution in [0.3, 0.4) is 0 Å². The number of nitrogens with zero attached hydrogens (tertiary/aromatic N) is 2. The van der Waals surface area contributed by atoms with Crippen LogP contribution in [0.25, 0.3) is 0 Å². The van der Waals surface area contributed by atoms with Gasteiger partial charge in [0.05, 0.1) is 5.69 Å². The number of thioether (sulfide) groups is 1. The Morgan fingerprint density at radius 2 is 2.06 bits per heavy atom. The number of nitrogens with two attached hydrogens (primary N) is 1. The molecule has 0 bridgehead atoms. The summed E-state index contributed by atoms with van der Waals surface area (Å²) in [5, 5.41) is 4.34. The molecule has 0 saturated carbocycles. The van der Waals surface area contributed by atoms with Crippen LogP contribution >= 0.6 is 11.8 Å². The summed E-state index contributed by atoms with van der Waals surface area (Å²) in [4.78, 5) is 1.14. The first-order valence-corrected chi connectivity index (χ1v) is 6.53. The van der Waals surface area contributed by atoms with E-state index in [0.717, 1.165) is 22.0 Å². The summed E-state index contributed by atoms with van der Waals surface area (Å²) >= 11 is 1.76. The lowest BCUT2D eigenvalue weighted by atomic mass is 10.2. The van der Waals surface area contributed by atoms with Gasteiger partial charge in [0.15, 0.2) is 0 Å². The van der Waals surface area contributed by atoms with Crippen LogP contribution in [-0.4, -0.2) is 9.78 Å². The molecule has 0 saturated heterocycles. The Kier molecular flexibility index (Phi) is 3.43. The van der Waals surface area contributed by atoms with E-state index in [9.17, 15) is 0 Å². The topological polar surface area (TPSA) is 43.8 Å². The van der Waals surface area contributed by atoms with Crippen molar-refractivity contribution in [3.05, 3.63) is 41.2 Å². The van der Waals surface area contributed by atoms with E-state index in [1.807, 2.05) is 30.8 Å². The Balaban J connectivity index is 2.12.